The molecule has 24 heavy (non-hydrogen) atoms. The Labute approximate surface area is 152 Å². The number of allylic oxidation sites excluding steroid dienone is 4. The number of hydrogen-bond acceptors (Lipinski definition) is 2. The van der Waals surface area contributed by atoms with Gasteiger partial charge in [-0.3, -0.25) is 0 Å². The summed E-state index contributed by atoms with van der Waals surface area (Å²) in [6.07, 6.45) is 27.6. The van der Waals surface area contributed by atoms with E-state index in [-0.39, 0.29) is 0 Å². The average molecular weight is 337 g/mol. The molecule has 0 aromatic rings. The van der Waals surface area contributed by atoms with Crippen molar-refractivity contribution in [3.05, 3.63) is 24.3 Å². The van der Waals surface area contributed by atoms with E-state index < -0.39 is 0 Å². The van der Waals surface area contributed by atoms with Crippen LogP contribution in [0, 0.1) is 0 Å². The molecule has 0 aliphatic carbocycles. The van der Waals surface area contributed by atoms with Crippen molar-refractivity contribution in [3.8, 4) is 0 Å². The zero-order valence-electron chi connectivity index (χ0n) is 16.4. The lowest BCUT2D eigenvalue weighted by Gasteiger charge is -2.04. The van der Waals surface area contributed by atoms with Crippen LogP contribution in [0.15, 0.2) is 24.3 Å². The van der Waals surface area contributed by atoms with Crippen molar-refractivity contribution in [2.24, 2.45) is 5.73 Å². The van der Waals surface area contributed by atoms with Crippen molar-refractivity contribution >= 4 is 0 Å². The van der Waals surface area contributed by atoms with Crippen LogP contribution in [0.5, 0.6) is 0 Å². The second kappa shape index (κ2) is 22.4. The summed E-state index contributed by atoms with van der Waals surface area (Å²) >= 11 is 0. The Morgan fingerprint density at radius 1 is 0.625 bits per heavy atom. The van der Waals surface area contributed by atoms with Crippen LogP contribution in [0.1, 0.15) is 96.8 Å². The average Bonchev–Trinajstić information content (AvgIpc) is 2.60. The molecule has 0 aliphatic heterocycles. The summed E-state index contributed by atoms with van der Waals surface area (Å²) in [5.74, 6) is 0. The number of nitrogens with two attached hydrogens (primary N) is 1. The third kappa shape index (κ3) is 21.4. The molecule has 2 heteroatoms. The fraction of sp³-hybridized carbons (Fsp3) is 0.818. The molecule has 0 atom stereocenters. The van der Waals surface area contributed by atoms with Crippen molar-refractivity contribution in [2.75, 3.05) is 19.6 Å². The molecule has 0 amide bonds. The zero-order chi connectivity index (χ0) is 17.6. The van der Waals surface area contributed by atoms with Gasteiger partial charge in [-0.25, -0.2) is 0 Å². The van der Waals surface area contributed by atoms with Crippen LogP contribution in [-0.4, -0.2) is 19.6 Å². The maximum Gasteiger partial charge on any atom is -0.00484 e. The van der Waals surface area contributed by atoms with E-state index in [1.54, 1.807) is 0 Å². The highest BCUT2D eigenvalue weighted by Crippen LogP contribution is 2.07. The van der Waals surface area contributed by atoms with Crippen LogP contribution in [0.2, 0.25) is 0 Å². The van der Waals surface area contributed by atoms with Gasteiger partial charge in [0, 0.05) is 0 Å². The second-order valence-electron chi connectivity index (χ2n) is 6.83. The largest absolute Gasteiger partial charge is 0.330 e. The molecule has 0 spiro atoms. The van der Waals surface area contributed by atoms with Gasteiger partial charge < -0.3 is 11.1 Å². The van der Waals surface area contributed by atoms with E-state index in [1.807, 2.05) is 0 Å². The third-order valence-electron chi connectivity index (χ3n) is 4.36. The van der Waals surface area contributed by atoms with E-state index in [1.165, 1.54) is 83.6 Å². The minimum absolute atomic E-state index is 0.826. The first kappa shape index (κ1) is 23.4. The monoisotopic (exact) mass is 336 g/mol. The number of hydrogen-bond donors (Lipinski definition) is 2. The van der Waals surface area contributed by atoms with Gasteiger partial charge in [0.1, 0.15) is 0 Å². The van der Waals surface area contributed by atoms with E-state index in [9.17, 15) is 0 Å². The van der Waals surface area contributed by atoms with Crippen LogP contribution in [0.25, 0.3) is 0 Å². The molecule has 3 N–H and O–H groups in total. The zero-order valence-corrected chi connectivity index (χ0v) is 16.4. The van der Waals surface area contributed by atoms with Crippen LogP contribution in [0.3, 0.4) is 0 Å². The van der Waals surface area contributed by atoms with Crippen molar-refractivity contribution in [3.63, 3.8) is 0 Å². The molecule has 0 radical (unpaired) electrons. The van der Waals surface area contributed by atoms with Gasteiger partial charge in [0.2, 0.25) is 0 Å². The second-order valence-corrected chi connectivity index (χ2v) is 6.83. The topological polar surface area (TPSA) is 38.0 Å². The SMILES string of the molecule is CCCCC/C=C\C/C=C\CCCCCCCCNCCCCN. The highest BCUT2D eigenvalue weighted by atomic mass is 14.8. The molecule has 0 bridgehead atoms. The van der Waals surface area contributed by atoms with E-state index in [2.05, 4.69) is 36.5 Å². The molecule has 0 fully saturated rings. The molecule has 0 aliphatic rings. The van der Waals surface area contributed by atoms with E-state index in [0.717, 1.165) is 25.9 Å². The predicted molar refractivity (Wildman–Crippen MR) is 111 cm³/mol. The van der Waals surface area contributed by atoms with E-state index in [4.69, 9.17) is 5.73 Å². The minimum Gasteiger partial charge on any atom is -0.330 e. The molecule has 0 unspecified atom stereocenters. The van der Waals surface area contributed by atoms with Gasteiger partial charge in [-0.15, -0.1) is 0 Å². The first-order valence-electron chi connectivity index (χ1n) is 10.6. The van der Waals surface area contributed by atoms with Crippen LogP contribution in [0.4, 0.5) is 0 Å². The highest BCUT2D eigenvalue weighted by molar-refractivity contribution is 4.92. The minimum atomic E-state index is 0.826. The summed E-state index contributed by atoms with van der Waals surface area (Å²) in [5, 5.41) is 3.50. The Hall–Kier alpha value is -0.600. The summed E-state index contributed by atoms with van der Waals surface area (Å²) < 4.78 is 0. The predicted octanol–water partition coefficient (Wildman–Crippen LogP) is 6.13. The fourth-order valence-electron chi connectivity index (χ4n) is 2.76. The van der Waals surface area contributed by atoms with Gasteiger partial charge in [0.25, 0.3) is 0 Å². The van der Waals surface area contributed by atoms with Crippen LogP contribution < -0.4 is 11.1 Å². The van der Waals surface area contributed by atoms with Crippen LogP contribution >= 0.6 is 0 Å². The standard InChI is InChI=1S/C22H44N2/c1-2-3-4-5-6-7-8-9-10-11-12-13-14-15-16-18-21-24-22-19-17-20-23/h6-7,9-10,24H,2-5,8,11-23H2,1H3/b7-6-,10-9-. The Morgan fingerprint density at radius 3 is 1.79 bits per heavy atom. The van der Waals surface area contributed by atoms with Gasteiger partial charge in [0.05, 0.1) is 0 Å². The summed E-state index contributed by atoms with van der Waals surface area (Å²) in [6.45, 7) is 5.40. The molecule has 0 saturated heterocycles. The van der Waals surface area contributed by atoms with Crippen molar-refractivity contribution in [2.45, 2.75) is 96.8 Å². The molecular formula is C22H44N2. The van der Waals surface area contributed by atoms with Crippen molar-refractivity contribution < 1.29 is 0 Å². The fourth-order valence-corrected chi connectivity index (χ4v) is 2.76. The Kier molecular flexibility index (Phi) is 21.8. The van der Waals surface area contributed by atoms with Gasteiger partial charge in [-0.1, -0.05) is 69.8 Å². The Bertz CT molecular complexity index is 271. The van der Waals surface area contributed by atoms with E-state index in [0.29, 0.717) is 0 Å². The van der Waals surface area contributed by atoms with Gasteiger partial charge in [-0.05, 0) is 71.0 Å². The maximum absolute atomic E-state index is 5.47. The Balaban J connectivity index is 3.10. The van der Waals surface area contributed by atoms with Gasteiger partial charge >= 0.3 is 0 Å². The number of unbranched alkanes of at least 4 members (excludes halogenated alkanes) is 10. The molecule has 2 nitrogen and oxygen atoms in total. The summed E-state index contributed by atoms with van der Waals surface area (Å²) in [7, 11) is 0. The number of rotatable bonds is 19. The maximum atomic E-state index is 5.47. The summed E-state index contributed by atoms with van der Waals surface area (Å²) in [5.41, 5.74) is 5.47. The quantitative estimate of drug-likeness (QED) is 0.220. The lowest BCUT2D eigenvalue weighted by atomic mass is 10.1. The molecule has 0 rings (SSSR count). The Morgan fingerprint density at radius 2 is 1.17 bits per heavy atom. The van der Waals surface area contributed by atoms with E-state index >= 15 is 0 Å². The third-order valence-corrected chi connectivity index (χ3v) is 4.36. The molecule has 142 valence electrons. The first-order chi connectivity index (χ1) is 11.9. The molecule has 0 heterocycles. The molecule has 0 aromatic carbocycles. The number of nitrogens with one attached hydrogen (secondary N) is 1. The van der Waals surface area contributed by atoms with Crippen molar-refractivity contribution in [1.82, 2.24) is 5.32 Å². The molecule has 0 saturated carbocycles. The smallest absolute Gasteiger partial charge is 0.00484 e. The first-order valence-corrected chi connectivity index (χ1v) is 10.6. The van der Waals surface area contributed by atoms with Crippen molar-refractivity contribution in [1.29, 1.82) is 0 Å². The lowest BCUT2D eigenvalue weighted by Crippen LogP contribution is -2.17. The highest BCUT2D eigenvalue weighted by Gasteiger charge is 1.91. The van der Waals surface area contributed by atoms with Gasteiger partial charge in [0.15, 0.2) is 0 Å². The summed E-state index contributed by atoms with van der Waals surface area (Å²) in [6, 6.07) is 0. The van der Waals surface area contributed by atoms with Crippen LogP contribution in [-0.2, 0) is 0 Å². The normalized spacial score (nSPS) is 11.9. The lowest BCUT2D eigenvalue weighted by molar-refractivity contribution is 0.556. The summed E-state index contributed by atoms with van der Waals surface area (Å²) in [4.78, 5) is 0. The molecular weight excluding hydrogens is 292 g/mol. The van der Waals surface area contributed by atoms with Gasteiger partial charge in [-0.2, -0.15) is 0 Å². The molecule has 0 aromatic heterocycles.